The van der Waals surface area contributed by atoms with E-state index in [1.807, 2.05) is 0 Å². The summed E-state index contributed by atoms with van der Waals surface area (Å²) in [6, 6.07) is 10.9. The van der Waals surface area contributed by atoms with Crippen molar-refractivity contribution >= 4 is 0 Å². The Kier molecular flexibility index (Phi) is 6.69. The van der Waals surface area contributed by atoms with Gasteiger partial charge < -0.3 is 0 Å². The van der Waals surface area contributed by atoms with E-state index in [4.69, 9.17) is 0 Å². The van der Waals surface area contributed by atoms with Crippen LogP contribution in [0.25, 0.3) is 0 Å². The Hall–Kier alpha value is -1.04. The normalized spacial score (nSPS) is 13.7. The minimum absolute atomic E-state index is 0.623. The zero-order valence-corrected chi connectivity index (χ0v) is 11.6. The molecular formula is C17H26. The lowest BCUT2D eigenvalue weighted by Crippen LogP contribution is -2.01. The average Bonchev–Trinajstić information content (AvgIpc) is 2.39. The van der Waals surface area contributed by atoms with Gasteiger partial charge in [-0.25, -0.2) is 0 Å². The number of hydrogen-bond acceptors (Lipinski definition) is 0. The van der Waals surface area contributed by atoms with Gasteiger partial charge in [-0.3, -0.25) is 0 Å². The summed E-state index contributed by atoms with van der Waals surface area (Å²) in [5.41, 5.74) is 3.09. The van der Waals surface area contributed by atoms with E-state index in [1.54, 1.807) is 5.57 Å². The van der Waals surface area contributed by atoms with Crippen LogP contribution in [0.3, 0.4) is 0 Å². The summed E-state index contributed by atoms with van der Waals surface area (Å²) < 4.78 is 0. The van der Waals surface area contributed by atoms with Gasteiger partial charge >= 0.3 is 0 Å². The highest BCUT2D eigenvalue weighted by molar-refractivity contribution is 5.28. The lowest BCUT2D eigenvalue weighted by molar-refractivity contribution is 0.653. The van der Waals surface area contributed by atoms with Gasteiger partial charge in [0.25, 0.3) is 0 Å². The molecule has 0 N–H and O–H groups in total. The average molecular weight is 230 g/mol. The number of rotatable bonds is 7. The maximum Gasteiger partial charge on any atom is 0.00454 e. The van der Waals surface area contributed by atoms with E-state index in [-0.39, 0.29) is 0 Å². The summed E-state index contributed by atoms with van der Waals surface area (Å²) in [7, 11) is 0. The van der Waals surface area contributed by atoms with E-state index < -0.39 is 0 Å². The molecule has 1 atom stereocenters. The summed E-state index contributed by atoms with van der Waals surface area (Å²) in [6.45, 7) is 6.75. The Morgan fingerprint density at radius 2 is 1.82 bits per heavy atom. The van der Waals surface area contributed by atoms with Crippen LogP contribution in [-0.4, -0.2) is 0 Å². The molecule has 0 fully saturated rings. The van der Waals surface area contributed by atoms with Gasteiger partial charge in [-0.2, -0.15) is 0 Å². The molecule has 0 aliphatic carbocycles. The van der Waals surface area contributed by atoms with Gasteiger partial charge in [0, 0.05) is 5.92 Å². The molecule has 0 aliphatic rings. The van der Waals surface area contributed by atoms with Gasteiger partial charge in [0.2, 0.25) is 0 Å². The molecule has 0 bridgehead atoms. The molecule has 17 heavy (non-hydrogen) atoms. The third-order valence-corrected chi connectivity index (χ3v) is 3.50. The van der Waals surface area contributed by atoms with Crippen LogP contribution >= 0.6 is 0 Å². The molecule has 0 spiro atoms. The van der Waals surface area contributed by atoms with Crippen molar-refractivity contribution in [1.29, 1.82) is 0 Å². The van der Waals surface area contributed by atoms with E-state index in [1.165, 1.54) is 37.7 Å². The van der Waals surface area contributed by atoms with Crippen LogP contribution < -0.4 is 0 Å². The summed E-state index contributed by atoms with van der Waals surface area (Å²) in [5.74, 6) is 0.623. The fraction of sp³-hybridized carbons (Fsp3) is 0.529. The topological polar surface area (TPSA) is 0 Å². The maximum atomic E-state index is 2.33. The number of benzene rings is 1. The van der Waals surface area contributed by atoms with Crippen LogP contribution in [0.2, 0.25) is 0 Å². The highest BCUT2D eigenvalue weighted by Crippen LogP contribution is 2.30. The first-order chi connectivity index (χ1) is 8.33. The van der Waals surface area contributed by atoms with Crippen molar-refractivity contribution in [3.05, 3.63) is 47.5 Å². The van der Waals surface area contributed by atoms with Crippen molar-refractivity contribution in [3.63, 3.8) is 0 Å². The van der Waals surface area contributed by atoms with Crippen LogP contribution in [0.15, 0.2) is 42.0 Å². The van der Waals surface area contributed by atoms with Crippen molar-refractivity contribution in [2.75, 3.05) is 0 Å². The number of allylic oxidation sites excluding steroid dienone is 2. The largest absolute Gasteiger partial charge is 0.0878 e. The first-order valence-electron chi connectivity index (χ1n) is 7.03. The molecule has 1 aromatic rings. The highest BCUT2D eigenvalue weighted by atomic mass is 14.2. The second kappa shape index (κ2) is 8.11. The van der Waals surface area contributed by atoms with E-state index in [9.17, 15) is 0 Å². The monoisotopic (exact) mass is 230 g/mol. The first-order valence-corrected chi connectivity index (χ1v) is 7.03. The molecule has 0 nitrogen and oxygen atoms in total. The quantitative estimate of drug-likeness (QED) is 0.416. The van der Waals surface area contributed by atoms with Crippen LogP contribution in [0, 0.1) is 0 Å². The standard InChI is InChI=1S/C17H26/c1-4-7-9-12-15(5-2)17(6-3)16-13-10-8-11-14-16/h5,8,10-11,13-14,17H,4,6-7,9,12H2,1-3H3/b15-5-. The second-order valence-electron chi connectivity index (χ2n) is 4.69. The molecule has 0 saturated heterocycles. The van der Waals surface area contributed by atoms with Crippen LogP contribution in [0.5, 0.6) is 0 Å². The molecule has 0 saturated carbocycles. The predicted molar refractivity (Wildman–Crippen MR) is 77.4 cm³/mol. The molecule has 0 heterocycles. The van der Waals surface area contributed by atoms with Crippen molar-refractivity contribution < 1.29 is 0 Å². The van der Waals surface area contributed by atoms with E-state index in [0.717, 1.165) is 0 Å². The van der Waals surface area contributed by atoms with Crippen LogP contribution in [0.1, 0.15) is 64.4 Å². The van der Waals surface area contributed by atoms with Crippen LogP contribution in [-0.2, 0) is 0 Å². The zero-order valence-electron chi connectivity index (χ0n) is 11.6. The molecule has 1 rings (SSSR count). The van der Waals surface area contributed by atoms with Crippen molar-refractivity contribution in [1.82, 2.24) is 0 Å². The van der Waals surface area contributed by atoms with E-state index in [2.05, 4.69) is 57.2 Å². The van der Waals surface area contributed by atoms with Crippen molar-refractivity contribution in [2.45, 2.75) is 58.8 Å². The molecule has 0 amide bonds. The Labute approximate surface area is 107 Å². The smallest absolute Gasteiger partial charge is 0.00454 e. The SMILES string of the molecule is C/C=C(/CCCCC)C(CC)c1ccccc1. The summed E-state index contributed by atoms with van der Waals surface area (Å²) >= 11 is 0. The Balaban J connectivity index is 2.71. The lowest BCUT2D eigenvalue weighted by atomic mass is 9.86. The molecule has 1 aromatic carbocycles. The Morgan fingerprint density at radius 3 is 2.35 bits per heavy atom. The Bertz CT molecular complexity index is 321. The molecule has 0 heteroatoms. The summed E-state index contributed by atoms with van der Waals surface area (Å²) in [6.07, 6.45) is 8.78. The fourth-order valence-corrected chi connectivity index (χ4v) is 2.50. The van der Waals surface area contributed by atoms with Gasteiger partial charge in [0.1, 0.15) is 0 Å². The molecule has 0 aliphatic heterocycles. The van der Waals surface area contributed by atoms with Gasteiger partial charge in [-0.15, -0.1) is 0 Å². The minimum Gasteiger partial charge on any atom is -0.0878 e. The number of unbranched alkanes of at least 4 members (excludes halogenated alkanes) is 2. The molecule has 1 unspecified atom stereocenters. The maximum absolute atomic E-state index is 2.33. The minimum atomic E-state index is 0.623. The lowest BCUT2D eigenvalue weighted by Gasteiger charge is -2.19. The summed E-state index contributed by atoms with van der Waals surface area (Å²) in [5, 5.41) is 0. The molecular weight excluding hydrogens is 204 g/mol. The highest BCUT2D eigenvalue weighted by Gasteiger charge is 2.13. The van der Waals surface area contributed by atoms with Crippen LogP contribution in [0.4, 0.5) is 0 Å². The van der Waals surface area contributed by atoms with Crippen molar-refractivity contribution in [3.8, 4) is 0 Å². The molecule has 0 aromatic heterocycles. The van der Waals surface area contributed by atoms with Gasteiger partial charge in [0.15, 0.2) is 0 Å². The van der Waals surface area contributed by atoms with Gasteiger partial charge in [-0.1, -0.05) is 68.7 Å². The third kappa shape index (κ3) is 4.38. The molecule has 0 radical (unpaired) electrons. The van der Waals surface area contributed by atoms with Crippen molar-refractivity contribution in [2.24, 2.45) is 0 Å². The third-order valence-electron chi connectivity index (χ3n) is 3.50. The first kappa shape index (κ1) is 14.0. The van der Waals surface area contributed by atoms with E-state index >= 15 is 0 Å². The van der Waals surface area contributed by atoms with Gasteiger partial charge in [0.05, 0.1) is 0 Å². The zero-order chi connectivity index (χ0) is 12.5. The van der Waals surface area contributed by atoms with Gasteiger partial charge in [-0.05, 0) is 31.7 Å². The second-order valence-corrected chi connectivity index (χ2v) is 4.69. The van der Waals surface area contributed by atoms with E-state index in [0.29, 0.717) is 5.92 Å². The number of hydrogen-bond donors (Lipinski definition) is 0. The Morgan fingerprint density at radius 1 is 1.12 bits per heavy atom. The summed E-state index contributed by atoms with van der Waals surface area (Å²) in [4.78, 5) is 0. The molecule has 94 valence electrons. The predicted octanol–water partition coefficient (Wildman–Crippen LogP) is 5.71. The fourth-order valence-electron chi connectivity index (χ4n) is 2.50.